The van der Waals surface area contributed by atoms with Crippen LogP contribution in [0.3, 0.4) is 0 Å². The number of amides is 5. The normalized spacial score (nSPS) is 13.4. The highest BCUT2D eigenvalue weighted by molar-refractivity contribution is 6.37. The lowest BCUT2D eigenvalue weighted by atomic mass is 9.97. The summed E-state index contributed by atoms with van der Waals surface area (Å²) in [6.07, 6.45) is 13.9. The van der Waals surface area contributed by atoms with Crippen molar-refractivity contribution in [1.82, 2.24) is 100 Å². The fourth-order valence-corrected chi connectivity index (χ4v) is 17.7. The average molecular weight is 1920 g/mol. The second-order valence-corrected chi connectivity index (χ2v) is 35.1. The number of nitrogens with zero attached hydrogens (tertiary/aromatic N) is 16. The van der Waals surface area contributed by atoms with Gasteiger partial charge in [0.05, 0.1) is 93.8 Å². The Kier molecular flexibility index (Phi) is 29.5. The number of nitrogen functional groups attached to an aromatic ring is 4. The number of rotatable bonds is 22. The first-order chi connectivity index (χ1) is 67.0. The highest BCUT2D eigenvalue weighted by Crippen LogP contribution is 2.41. The lowest BCUT2D eigenvalue weighted by Crippen LogP contribution is -2.52. The maximum atomic E-state index is 13.1. The molecule has 3 saturated heterocycles. The number of halogens is 4. The van der Waals surface area contributed by atoms with Crippen LogP contribution in [0.4, 0.5) is 23.3 Å². The Morgan fingerprint density at radius 2 is 0.717 bits per heavy atom. The molecule has 12 heterocycles. The summed E-state index contributed by atoms with van der Waals surface area (Å²) in [5.74, 6) is -0.786. The van der Waals surface area contributed by atoms with E-state index >= 15 is 0 Å². The number of benzene rings is 8. The van der Waals surface area contributed by atoms with Gasteiger partial charge in [-0.25, -0.2) is 39.9 Å². The molecule has 9 aromatic heterocycles. The van der Waals surface area contributed by atoms with Crippen molar-refractivity contribution in [3.63, 3.8) is 0 Å². The quantitative estimate of drug-likeness (QED) is 0.0304. The largest absolute Gasteiger partial charge is 0.390 e. The number of nitrogens with one attached hydrogen (secondary N) is 4. The number of carbonyl (C=O) groups excluding carboxylic acids is 5. The number of aliphatic hydroxyl groups is 1. The van der Waals surface area contributed by atoms with E-state index in [2.05, 4.69) is 88.0 Å². The zero-order valence-corrected chi connectivity index (χ0v) is 78.1. The Morgan fingerprint density at radius 1 is 0.391 bits per heavy atom. The van der Waals surface area contributed by atoms with Crippen LogP contribution in [0.5, 0.6) is 0 Å². The average Bonchev–Trinajstić information content (AvgIpc) is 1.74. The summed E-state index contributed by atoms with van der Waals surface area (Å²) < 4.78 is 1.92. The number of piperidine rings is 1. The van der Waals surface area contributed by atoms with Gasteiger partial charge in [0, 0.05) is 176 Å². The lowest BCUT2D eigenvalue weighted by molar-refractivity contribution is -0.127. The summed E-state index contributed by atoms with van der Waals surface area (Å²) >= 11 is 26.2. The second-order valence-electron chi connectivity index (χ2n) is 33.4. The molecule has 138 heavy (non-hydrogen) atoms. The molecule has 0 spiro atoms. The van der Waals surface area contributed by atoms with Crippen molar-refractivity contribution in [1.29, 1.82) is 0 Å². The zero-order valence-electron chi connectivity index (χ0n) is 75.1. The second kappa shape index (κ2) is 43.1. The molecular formula is C104H94Cl4N24O6. The molecule has 3 aliphatic heterocycles. The maximum absolute atomic E-state index is 13.1. The Labute approximate surface area is 813 Å². The Hall–Kier alpha value is -15.4. The van der Waals surface area contributed by atoms with Gasteiger partial charge in [-0.2, -0.15) is 0 Å². The highest BCUT2D eigenvalue weighted by Gasteiger charge is 2.30. The summed E-state index contributed by atoms with van der Waals surface area (Å²) in [5.41, 5.74) is 39.4. The van der Waals surface area contributed by atoms with Crippen molar-refractivity contribution in [3.05, 3.63) is 310 Å². The van der Waals surface area contributed by atoms with Gasteiger partial charge >= 0.3 is 0 Å². The van der Waals surface area contributed by atoms with Crippen molar-refractivity contribution in [2.45, 2.75) is 38.3 Å². The number of hydrogen-bond donors (Lipinski definition) is 9. The van der Waals surface area contributed by atoms with E-state index in [4.69, 9.17) is 79.3 Å². The predicted octanol–water partition coefficient (Wildman–Crippen LogP) is 16.5. The molecule has 0 aliphatic carbocycles. The third kappa shape index (κ3) is 22.1. The smallest absolute Gasteiger partial charge is 0.274 e. The van der Waals surface area contributed by atoms with Gasteiger partial charge in [0.2, 0.25) is 5.91 Å². The van der Waals surface area contributed by atoms with Gasteiger partial charge in [0.1, 0.15) is 0 Å². The third-order valence-corrected chi connectivity index (χ3v) is 24.8. The topological polar surface area (TPSA) is 427 Å². The van der Waals surface area contributed by atoms with E-state index in [0.29, 0.717) is 176 Å². The van der Waals surface area contributed by atoms with Gasteiger partial charge in [-0.05, 0) is 130 Å². The molecule has 0 radical (unpaired) electrons. The zero-order chi connectivity index (χ0) is 96.0. The minimum atomic E-state index is -0.448. The number of β-amino-alcohol motifs (C(OH)–C–C–N with tert-alkyl or cyclic N) is 1. The number of aryl methyl sites for hydroxylation is 1. The van der Waals surface area contributed by atoms with E-state index in [0.717, 1.165) is 87.3 Å². The van der Waals surface area contributed by atoms with Crippen molar-refractivity contribution in [2.75, 3.05) is 95.4 Å². The van der Waals surface area contributed by atoms with Crippen LogP contribution in [0.25, 0.3) is 134 Å². The van der Waals surface area contributed by atoms with E-state index in [1.165, 1.54) is 0 Å². The van der Waals surface area contributed by atoms with Gasteiger partial charge in [-0.3, -0.25) is 48.8 Å². The molecule has 3 aliphatic rings. The molecule has 0 bridgehead atoms. The van der Waals surface area contributed by atoms with Crippen LogP contribution in [0.2, 0.25) is 20.1 Å². The molecule has 0 saturated carbocycles. The molecule has 17 aromatic rings. The summed E-state index contributed by atoms with van der Waals surface area (Å²) in [6, 6.07) is 70.2. The van der Waals surface area contributed by atoms with E-state index < -0.39 is 17.7 Å². The molecule has 13 N–H and O–H groups in total. The number of anilines is 4. The van der Waals surface area contributed by atoms with Crippen molar-refractivity contribution in [3.8, 4) is 90.1 Å². The number of likely N-dealkylation sites (tertiary alicyclic amines) is 3. The van der Waals surface area contributed by atoms with Crippen LogP contribution in [0, 0.1) is 5.92 Å². The number of nitrogens with two attached hydrogens (primary N) is 4. The van der Waals surface area contributed by atoms with Gasteiger partial charge in [-0.1, -0.05) is 192 Å². The summed E-state index contributed by atoms with van der Waals surface area (Å²) in [7, 11) is 4.05. The maximum Gasteiger partial charge on any atom is 0.274 e. The van der Waals surface area contributed by atoms with E-state index in [1.807, 2.05) is 230 Å². The molecule has 0 unspecified atom stereocenters. The number of aliphatic hydroxyl groups excluding tert-OH is 1. The SMILES string of the molecule is CN1CCC(CNC(=O)c2nc(-c3cc(Cl)c4ncccc4c3)c(-c3ccccc3)nc2N)CC1.Cn1ccc(CNC(=O)c2nc(-c3cc(Cl)c4ncccc4c3)c(-c3ccccc3)nc2N)c1.Nc1nc(-c2ccccc2)c(-c2cc(Cl)c3ncccc3c2)nc1C(=O)NCCN1CC(O)C1.Nc1nc(-c2ccccc2)c(-c2cc(Cl)c3ncccc3c2)nc1C(=O)NCCN1CCCC1=O. The predicted molar refractivity (Wildman–Crippen MR) is 543 cm³/mol. The van der Waals surface area contributed by atoms with Crippen LogP contribution < -0.4 is 44.2 Å². The molecular weight excluding hydrogens is 1820 g/mol. The molecule has 694 valence electrons. The van der Waals surface area contributed by atoms with Crippen molar-refractivity contribution in [2.24, 2.45) is 13.0 Å². The standard InChI is InChI=1S/C27H27ClN6O.C26H23ClN6O2.C26H21ClN6O.C25H23ClN6O2/c1-34-12-9-17(10-13-34)16-31-27(35)25-26(29)33-23(18-6-3-2-4-7-18)24(32-25)20-14-19-8-5-11-30-22(19)21(28)15-20;27-19-15-18(14-17-8-4-10-29-21(17)19)23-22(16-6-2-1-3-7-16)32-25(28)24(31-23)26(35)30-11-13-33-12-5-9-20(33)34;1-33-11-9-16(15-33)14-30-26(34)24-25(28)32-22(17-6-3-2-4-7-17)23(31-24)19-12-18-8-5-10-29-21(18)20(27)13-19;26-19-12-17(11-16-7-4-8-28-20(16)19)22-21(15-5-2-1-3-6-15)31-24(27)23(30-22)25(34)29-9-10-32-13-18(33)14-32/h2-8,11,14-15,17H,9-10,12-13,16H2,1H3,(H2,29,33)(H,31,35);1-4,6-8,10,14-15H,5,9,11-13H2,(H2,28,32)(H,30,35);2-13,15H,14H2,1H3,(H2,28,32)(H,30,34);1-8,11-12,18,33H,9-10,13-14H2,(H2,27,31)(H,29,34). The number of aromatic nitrogens is 13. The lowest BCUT2D eigenvalue weighted by Gasteiger charge is -2.35. The number of pyridine rings is 4. The summed E-state index contributed by atoms with van der Waals surface area (Å²) in [6.45, 7) is 6.76. The van der Waals surface area contributed by atoms with E-state index in [1.54, 1.807) is 47.9 Å². The third-order valence-electron chi connectivity index (χ3n) is 23.7. The molecule has 20 rings (SSSR count). The number of carbonyl (C=O) groups is 5. The number of hydrogen-bond acceptors (Lipinski definition) is 24. The fraction of sp³-hybridized carbons (Fsp3) is 0.183. The summed E-state index contributed by atoms with van der Waals surface area (Å²) in [4.78, 5) is 125. The van der Waals surface area contributed by atoms with Gasteiger partial charge in [0.25, 0.3) is 23.6 Å². The first-order valence-electron chi connectivity index (χ1n) is 44.7. The van der Waals surface area contributed by atoms with Crippen molar-refractivity contribution >= 4 is 143 Å². The molecule has 3 fully saturated rings. The minimum Gasteiger partial charge on any atom is -0.390 e. The monoisotopic (exact) mass is 1910 g/mol. The molecule has 0 atom stereocenters. The van der Waals surface area contributed by atoms with Crippen LogP contribution in [0.1, 0.15) is 73.2 Å². The summed E-state index contributed by atoms with van der Waals surface area (Å²) in [5, 5.41) is 26.3. The van der Waals surface area contributed by atoms with Gasteiger partial charge < -0.3 is 63.7 Å². The fourth-order valence-electron chi connectivity index (χ4n) is 16.6. The molecule has 30 nitrogen and oxygen atoms in total. The van der Waals surface area contributed by atoms with Gasteiger partial charge in [0.15, 0.2) is 46.0 Å². The van der Waals surface area contributed by atoms with Crippen LogP contribution in [0.15, 0.2) is 262 Å². The molecule has 5 amide bonds. The Balaban J connectivity index is 0.000000127. The first-order valence-corrected chi connectivity index (χ1v) is 46.2. The van der Waals surface area contributed by atoms with E-state index in [-0.39, 0.29) is 64.0 Å². The number of fused-ring (bicyclic) bond motifs is 4. The Bertz CT molecular complexity index is 7410. The van der Waals surface area contributed by atoms with Crippen LogP contribution in [-0.2, 0) is 18.4 Å². The molecule has 34 heteroatoms. The first kappa shape index (κ1) is 94.4. The highest BCUT2D eigenvalue weighted by atomic mass is 35.5. The van der Waals surface area contributed by atoms with Crippen LogP contribution in [-0.4, -0.2) is 192 Å². The van der Waals surface area contributed by atoms with Crippen LogP contribution >= 0.6 is 46.4 Å². The Morgan fingerprint density at radius 3 is 1.04 bits per heavy atom. The van der Waals surface area contributed by atoms with Gasteiger partial charge in [-0.15, -0.1) is 0 Å². The van der Waals surface area contributed by atoms with Crippen molar-refractivity contribution < 1.29 is 29.1 Å². The molecule has 8 aromatic carbocycles. The minimum absolute atomic E-state index is 0.0230. The van der Waals surface area contributed by atoms with E-state index in [9.17, 15) is 29.1 Å².